The van der Waals surface area contributed by atoms with Crippen molar-refractivity contribution in [3.05, 3.63) is 103 Å². The molecule has 38 heavy (non-hydrogen) atoms. The molecule has 3 aromatic rings. The molecule has 0 amide bonds. The Labute approximate surface area is 244 Å². The molecule has 196 valence electrons. The van der Waals surface area contributed by atoms with E-state index in [1.165, 1.54) is 11.8 Å². The van der Waals surface area contributed by atoms with Crippen LogP contribution in [0.25, 0.3) is 6.08 Å². The van der Waals surface area contributed by atoms with Crippen molar-refractivity contribution < 1.29 is 24.1 Å². The van der Waals surface area contributed by atoms with Crippen molar-refractivity contribution in [2.24, 2.45) is 4.99 Å². The van der Waals surface area contributed by atoms with Gasteiger partial charge in [0.1, 0.15) is 23.0 Å². The number of aliphatic imine (C=N–C) groups is 1. The minimum absolute atomic E-state index is 0.0506. The van der Waals surface area contributed by atoms with Gasteiger partial charge in [-0.15, -0.1) is 0 Å². The number of esters is 1. The SMILES string of the molecule is CCOC(=O)C1=C(O)/C(=C/c2cc(I)c(OCc3ccc(Cl)cc3)c(OCC)c2)SC1=Nc1ccccc1. The monoisotopic (exact) mass is 661 g/mol. The number of aliphatic hydroxyl groups excluding tert-OH is 1. The van der Waals surface area contributed by atoms with Crippen LogP contribution in [-0.2, 0) is 16.1 Å². The number of para-hydroxylation sites is 1. The molecule has 1 aliphatic heterocycles. The first-order valence-corrected chi connectivity index (χ1v) is 14.1. The molecule has 0 fully saturated rings. The molecule has 1 aliphatic rings. The Morgan fingerprint density at radius 2 is 1.79 bits per heavy atom. The van der Waals surface area contributed by atoms with Gasteiger partial charge in [-0.05, 0) is 90.0 Å². The fourth-order valence-corrected chi connectivity index (χ4v) is 5.52. The third-order valence-electron chi connectivity index (χ3n) is 5.28. The maximum Gasteiger partial charge on any atom is 0.344 e. The second kappa shape index (κ2) is 13.2. The van der Waals surface area contributed by atoms with Gasteiger partial charge >= 0.3 is 5.97 Å². The average Bonchev–Trinajstić information content (AvgIpc) is 3.19. The van der Waals surface area contributed by atoms with Crippen LogP contribution in [0.4, 0.5) is 5.69 Å². The number of thioether (sulfide) groups is 1. The zero-order valence-electron chi connectivity index (χ0n) is 20.7. The lowest BCUT2D eigenvalue weighted by molar-refractivity contribution is -0.138. The molecule has 3 aromatic carbocycles. The molecular formula is C29H25ClINO5S. The van der Waals surface area contributed by atoms with E-state index in [0.717, 1.165) is 14.7 Å². The predicted molar refractivity (Wildman–Crippen MR) is 162 cm³/mol. The standard InChI is InChI=1S/C29H25ClINO5S/c1-3-35-23-15-19(14-22(31)27(23)37-17-18-10-12-20(30)13-11-18)16-24-26(33)25(29(34)36-4-2)28(38-24)32-21-8-6-5-7-9-21/h5-16,33H,3-4,17H2,1-2H3/b24-16-,32-28?. The maximum absolute atomic E-state index is 12.7. The van der Waals surface area contributed by atoms with Crippen molar-refractivity contribution in [3.8, 4) is 11.5 Å². The summed E-state index contributed by atoms with van der Waals surface area (Å²) in [6.45, 7) is 4.62. The van der Waals surface area contributed by atoms with Crippen LogP contribution in [0, 0.1) is 3.57 Å². The van der Waals surface area contributed by atoms with Crippen LogP contribution >= 0.6 is 46.0 Å². The Morgan fingerprint density at radius 1 is 1.05 bits per heavy atom. The Kier molecular flexibility index (Phi) is 9.76. The van der Waals surface area contributed by atoms with Crippen molar-refractivity contribution in [2.75, 3.05) is 13.2 Å². The second-order valence-electron chi connectivity index (χ2n) is 7.99. The molecule has 0 aliphatic carbocycles. The zero-order valence-corrected chi connectivity index (χ0v) is 24.5. The average molecular weight is 662 g/mol. The van der Waals surface area contributed by atoms with E-state index in [-0.39, 0.29) is 17.9 Å². The molecule has 0 spiro atoms. The first-order valence-electron chi connectivity index (χ1n) is 11.9. The van der Waals surface area contributed by atoms with Crippen LogP contribution in [0.2, 0.25) is 5.02 Å². The molecule has 0 radical (unpaired) electrons. The fourth-order valence-electron chi connectivity index (χ4n) is 3.57. The van der Waals surface area contributed by atoms with Crippen LogP contribution in [-0.4, -0.2) is 29.3 Å². The summed E-state index contributed by atoms with van der Waals surface area (Å²) in [6, 6.07) is 20.5. The summed E-state index contributed by atoms with van der Waals surface area (Å²) in [6.07, 6.45) is 1.79. The van der Waals surface area contributed by atoms with E-state index in [9.17, 15) is 9.90 Å². The summed E-state index contributed by atoms with van der Waals surface area (Å²) in [5.41, 5.74) is 2.47. The number of aliphatic hydroxyl groups is 1. The summed E-state index contributed by atoms with van der Waals surface area (Å²) in [5.74, 6) is 0.419. The molecular weight excluding hydrogens is 637 g/mol. The molecule has 1 heterocycles. The largest absolute Gasteiger partial charge is 0.506 e. The number of carbonyl (C=O) groups excluding carboxylic acids is 1. The quantitative estimate of drug-likeness (QED) is 0.184. The molecule has 9 heteroatoms. The molecule has 0 aromatic heterocycles. The van der Waals surface area contributed by atoms with Crippen LogP contribution in [0.5, 0.6) is 11.5 Å². The minimum Gasteiger partial charge on any atom is -0.506 e. The first-order chi connectivity index (χ1) is 18.4. The number of benzene rings is 3. The van der Waals surface area contributed by atoms with Gasteiger partial charge in [-0.3, -0.25) is 0 Å². The van der Waals surface area contributed by atoms with E-state index in [1.807, 2.05) is 73.7 Å². The number of carbonyl (C=O) groups is 1. The molecule has 0 saturated carbocycles. The van der Waals surface area contributed by atoms with Gasteiger partial charge in [-0.2, -0.15) is 0 Å². The molecule has 0 unspecified atom stereocenters. The molecule has 0 saturated heterocycles. The summed E-state index contributed by atoms with van der Waals surface area (Å²) in [7, 11) is 0. The van der Waals surface area contributed by atoms with Crippen molar-refractivity contribution in [3.63, 3.8) is 0 Å². The Morgan fingerprint density at radius 3 is 2.47 bits per heavy atom. The molecule has 4 rings (SSSR count). The summed E-state index contributed by atoms with van der Waals surface area (Å²) >= 11 is 9.40. The van der Waals surface area contributed by atoms with Gasteiger partial charge in [0, 0.05) is 5.02 Å². The molecule has 0 atom stereocenters. The highest BCUT2D eigenvalue weighted by molar-refractivity contribution is 14.1. The van der Waals surface area contributed by atoms with Crippen molar-refractivity contribution in [1.82, 2.24) is 0 Å². The summed E-state index contributed by atoms with van der Waals surface area (Å²) < 4.78 is 18.0. The first kappa shape index (κ1) is 28.1. The normalized spacial score (nSPS) is 15.3. The van der Waals surface area contributed by atoms with Crippen molar-refractivity contribution >= 4 is 68.7 Å². The lowest BCUT2D eigenvalue weighted by atomic mass is 10.1. The molecule has 0 bridgehead atoms. The summed E-state index contributed by atoms with van der Waals surface area (Å²) in [5, 5.41) is 12.1. The predicted octanol–water partition coefficient (Wildman–Crippen LogP) is 8.12. The van der Waals surface area contributed by atoms with Gasteiger partial charge in [0.05, 0.1) is 27.4 Å². The Hall–Kier alpha value is -2.95. The van der Waals surface area contributed by atoms with Crippen molar-refractivity contribution in [2.45, 2.75) is 20.5 Å². The van der Waals surface area contributed by atoms with Crippen LogP contribution in [0.3, 0.4) is 0 Å². The zero-order chi connectivity index (χ0) is 27.1. The van der Waals surface area contributed by atoms with Gasteiger partial charge in [-0.25, -0.2) is 9.79 Å². The highest BCUT2D eigenvalue weighted by atomic mass is 127. The second-order valence-corrected chi connectivity index (χ2v) is 10.6. The topological polar surface area (TPSA) is 77.4 Å². The Balaban J connectivity index is 1.67. The van der Waals surface area contributed by atoms with E-state index < -0.39 is 5.97 Å². The van der Waals surface area contributed by atoms with Crippen molar-refractivity contribution in [1.29, 1.82) is 0 Å². The van der Waals surface area contributed by atoms with Gasteiger partial charge < -0.3 is 19.3 Å². The van der Waals surface area contributed by atoms with Crippen LogP contribution in [0.15, 0.2) is 88.0 Å². The lowest BCUT2D eigenvalue weighted by Gasteiger charge is -2.15. The van der Waals surface area contributed by atoms with E-state index in [1.54, 1.807) is 13.0 Å². The summed E-state index contributed by atoms with van der Waals surface area (Å²) in [4.78, 5) is 17.8. The number of rotatable bonds is 9. The van der Waals surface area contributed by atoms with Crippen LogP contribution in [0.1, 0.15) is 25.0 Å². The third kappa shape index (κ3) is 6.92. The smallest absolute Gasteiger partial charge is 0.344 e. The van der Waals surface area contributed by atoms with E-state index in [0.29, 0.717) is 45.4 Å². The van der Waals surface area contributed by atoms with E-state index >= 15 is 0 Å². The number of hydrogen-bond acceptors (Lipinski definition) is 7. The number of ether oxygens (including phenoxy) is 3. The highest BCUT2D eigenvalue weighted by Gasteiger charge is 2.33. The Bertz CT molecular complexity index is 1400. The van der Waals surface area contributed by atoms with Gasteiger partial charge in [0.15, 0.2) is 11.5 Å². The lowest BCUT2D eigenvalue weighted by Crippen LogP contribution is -2.12. The van der Waals surface area contributed by atoms with E-state index in [2.05, 4.69) is 27.6 Å². The van der Waals surface area contributed by atoms with Gasteiger partial charge in [0.2, 0.25) is 0 Å². The van der Waals surface area contributed by atoms with Gasteiger partial charge in [-0.1, -0.05) is 53.7 Å². The van der Waals surface area contributed by atoms with Gasteiger partial charge in [0.25, 0.3) is 0 Å². The maximum atomic E-state index is 12.7. The molecule has 6 nitrogen and oxygen atoms in total. The number of nitrogens with zero attached hydrogens (tertiary/aromatic N) is 1. The van der Waals surface area contributed by atoms with E-state index in [4.69, 9.17) is 25.8 Å². The highest BCUT2D eigenvalue weighted by Crippen LogP contribution is 2.42. The fraction of sp³-hybridized carbons (Fsp3) is 0.172. The third-order valence-corrected chi connectivity index (χ3v) is 7.36. The number of halogens is 2. The van der Waals surface area contributed by atoms with Crippen LogP contribution < -0.4 is 9.47 Å². The molecule has 1 N–H and O–H groups in total. The minimum atomic E-state index is -0.619. The number of hydrogen-bond donors (Lipinski definition) is 1.